The van der Waals surface area contributed by atoms with E-state index >= 15 is 0 Å². The molecular formula is C8H16N2S. The molecular weight excluding hydrogens is 156 g/mol. The first-order chi connectivity index (χ1) is 5.20. The third-order valence-electron chi connectivity index (χ3n) is 1.30. The zero-order valence-electron chi connectivity index (χ0n) is 7.42. The molecule has 0 amide bonds. The summed E-state index contributed by atoms with van der Waals surface area (Å²) in [6.45, 7) is 6.13. The van der Waals surface area contributed by atoms with Gasteiger partial charge in [0.15, 0.2) is 0 Å². The summed E-state index contributed by atoms with van der Waals surface area (Å²) < 4.78 is 0. The molecule has 2 nitrogen and oxygen atoms in total. The smallest absolute Gasteiger partial charge is 0.0926 e. The molecule has 0 aliphatic carbocycles. The molecule has 11 heavy (non-hydrogen) atoms. The Bertz CT molecular complexity index is 131. The maximum absolute atomic E-state index is 8.49. The average Bonchev–Trinajstić information content (AvgIpc) is 2.00. The first kappa shape index (κ1) is 10.8. The molecule has 0 saturated heterocycles. The lowest BCUT2D eigenvalue weighted by atomic mass is 10.3. The summed E-state index contributed by atoms with van der Waals surface area (Å²) in [6, 6.07) is 2.57. The lowest BCUT2D eigenvalue weighted by molar-refractivity contribution is 0.562. The minimum absolute atomic E-state index is 0.0255. The second-order valence-electron chi connectivity index (χ2n) is 2.58. The lowest BCUT2D eigenvalue weighted by Gasteiger charge is -2.13. The molecule has 0 aromatic heterocycles. The maximum atomic E-state index is 8.49. The van der Waals surface area contributed by atoms with Crippen LogP contribution in [0.15, 0.2) is 0 Å². The molecule has 0 aromatic rings. The van der Waals surface area contributed by atoms with Gasteiger partial charge in [0.2, 0.25) is 0 Å². The number of hydrogen-bond donors (Lipinski definition) is 1. The molecule has 64 valence electrons. The van der Waals surface area contributed by atoms with Crippen LogP contribution in [-0.4, -0.2) is 23.6 Å². The van der Waals surface area contributed by atoms with Gasteiger partial charge in [0.05, 0.1) is 12.1 Å². The van der Waals surface area contributed by atoms with Crippen LogP contribution >= 0.6 is 11.8 Å². The number of hydrogen-bond acceptors (Lipinski definition) is 3. The lowest BCUT2D eigenvalue weighted by Crippen LogP contribution is -2.35. The van der Waals surface area contributed by atoms with Crippen molar-refractivity contribution in [2.75, 3.05) is 11.5 Å². The van der Waals surface area contributed by atoms with Crippen LogP contribution < -0.4 is 5.32 Å². The molecule has 0 aromatic carbocycles. The highest BCUT2D eigenvalue weighted by molar-refractivity contribution is 7.99. The van der Waals surface area contributed by atoms with E-state index in [-0.39, 0.29) is 6.04 Å². The first-order valence-corrected chi connectivity index (χ1v) is 5.09. The second kappa shape index (κ2) is 6.51. The van der Waals surface area contributed by atoms with Crippen LogP contribution in [0.4, 0.5) is 0 Å². The molecule has 0 radical (unpaired) electrons. The summed E-state index contributed by atoms with van der Waals surface area (Å²) in [7, 11) is 0. The zero-order chi connectivity index (χ0) is 8.69. The maximum Gasteiger partial charge on any atom is 0.0926 e. The highest BCUT2D eigenvalue weighted by Crippen LogP contribution is 2.01. The number of nitriles is 1. The SMILES string of the molecule is CCSCC(C)NC(C)C#N. The molecule has 0 rings (SSSR count). The van der Waals surface area contributed by atoms with E-state index in [2.05, 4.69) is 25.2 Å². The minimum Gasteiger partial charge on any atom is -0.299 e. The van der Waals surface area contributed by atoms with Gasteiger partial charge in [-0.05, 0) is 19.6 Å². The van der Waals surface area contributed by atoms with Crippen molar-refractivity contribution < 1.29 is 0 Å². The van der Waals surface area contributed by atoms with Crippen molar-refractivity contribution in [1.82, 2.24) is 5.32 Å². The Morgan fingerprint density at radius 3 is 2.64 bits per heavy atom. The summed E-state index contributed by atoms with van der Waals surface area (Å²) in [5, 5.41) is 11.7. The average molecular weight is 172 g/mol. The predicted molar refractivity (Wildman–Crippen MR) is 50.7 cm³/mol. The summed E-state index contributed by atoms with van der Waals surface area (Å²) >= 11 is 1.90. The predicted octanol–water partition coefficient (Wildman–Crippen LogP) is 1.63. The molecule has 0 saturated carbocycles. The van der Waals surface area contributed by atoms with Gasteiger partial charge >= 0.3 is 0 Å². The Labute approximate surface area is 73.4 Å². The van der Waals surface area contributed by atoms with E-state index in [1.165, 1.54) is 0 Å². The molecule has 0 heterocycles. The fourth-order valence-electron chi connectivity index (χ4n) is 0.807. The summed E-state index contributed by atoms with van der Waals surface area (Å²) in [5.41, 5.74) is 0. The van der Waals surface area contributed by atoms with Gasteiger partial charge in [0, 0.05) is 11.8 Å². The molecule has 0 aliphatic rings. The van der Waals surface area contributed by atoms with Crippen LogP contribution in [0.1, 0.15) is 20.8 Å². The molecule has 0 fully saturated rings. The highest BCUT2D eigenvalue weighted by Gasteiger charge is 2.04. The third kappa shape index (κ3) is 6.21. The van der Waals surface area contributed by atoms with Crippen LogP contribution in [0.25, 0.3) is 0 Å². The Morgan fingerprint density at radius 2 is 2.18 bits per heavy atom. The zero-order valence-corrected chi connectivity index (χ0v) is 8.24. The molecule has 2 atom stereocenters. The largest absolute Gasteiger partial charge is 0.299 e. The van der Waals surface area contributed by atoms with Crippen LogP contribution in [0.5, 0.6) is 0 Å². The Kier molecular flexibility index (Phi) is 6.39. The molecule has 0 bridgehead atoms. The summed E-state index contributed by atoms with van der Waals surface area (Å²) in [4.78, 5) is 0. The van der Waals surface area contributed by atoms with Gasteiger partial charge in [-0.2, -0.15) is 17.0 Å². The van der Waals surface area contributed by atoms with Crippen molar-refractivity contribution in [3.05, 3.63) is 0 Å². The van der Waals surface area contributed by atoms with Crippen molar-refractivity contribution in [3.8, 4) is 6.07 Å². The van der Waals surface area contributed by atoms with E-state index in [1.54, 1.807) is 0 Å². The highest BCUT2D eigenvalue weighted by atomic mass is 32.2. The summed E-state index contributed by atoms with van der Waals surface area (Å²) in [5.74, 6) is 2.23. The van der Waals surface area contributed by atoms with E-state index in [4.69, 9.17) is 5.26 Å². The van der Waals surface area contributed by atoms with Crippen LogP contribution in [0.2, 0.25) is 0 Å². The Hall–Kier alpha value is -0.200. The molecule has 0 spiro atoms. The van der Waals surface area contributed by atoms with Gasteiger partial charge in [-0.3, -0.25) is 5.32 Å². The van der Waals surface area contributed by atoms with Gasteiger partial charge in [0.1, 0.15) is 0 Å². The van der Waals surface area contributed by atoms with Crippen LogP contribution in [0.3, 0.4) is 0 Å². The van der Waals surface area contributed by atoms with Gasteiger partial charge < -0.3 is 0 Å². The van der Waals surface area contributed by atoms with Crippen molar-refractivity contribution in [2.24, 2.45) is 0 Å². The van der Waals surface area contributed by atoms with E-state index in [0.717, 1.165) is 11.5 Å². The number of nitrogens with one attached hydrogen (secondary N) is 1. The quantitative estimate of drug-likeness (QED) is 0.684. The van der Waals surface area contributed by atoms with Gasteiger partial charge in [-0.1, -0.05) is 6.92 Å². The van der Waals surface area contributed by atoms with Crippen molar-refractivity contribution >= 4 is 11.8 Å². The number of nitrogens with zero attached hydrogens (tertiary/aromatic N) is 1. The second-order valence-corrected chi connectivity index (χ2v) is 3.90. The minimum atomic E-state index is -0.0255. The Morgan fingerprint density at radius 1 is 1.55 bits per heavy atom. The van der Waals surface area contributed by atoms with Gasteiger partial charge in [0.25, 0.3) is 0 Å². The van der Waals surface area contributed by atoms with Crippen molar-refractivity contribution in [1.29, 1.82) is 5.26 Å². The number of rotatable bonds is 5. The number of thioether (sulfide) groups is 1. The van der Waals surface area contributed by atoms with Gasteiger partial charge in [-0.15, -0.1) is 0 Å². The molecule has 1 N–H and O–H groups in total. The third-order valence-corrected chi connectivity index (χ3v) is 2.44. The van der Waals surface area contributed by atoms with E-state index in [9.17, 15) is 0 Å². The van der Waals surface area contributed by atoms with E-state index in [1.807, 2.05) is 18.7 Å². The molecule has 3 heteroatoms. The van der Waals surface area contributed by atoms with Crippen molar-refractivity contribution in [2.45, 2.75) is 32.9 Å². The normalized spacial score (nSPS) is 15.5. The summed E-state index contributed by atoms with van der Waals surface area (Å²) in [6.07, 6.45) is 0. The monoisotopic (exact) mass is 172 g/mol. The first-order valence-electron chi connectivity index (χ1n) is 3.94. The topological polar surface area (TPSA) is 35.8 Å². The molecule has 0 aliphatic heterocycles. The van der Waals surface area contributed by atoms with E-state index in [0.29, 0.717) is 6.04 Å². The fraction of sp³-hybridized carbons (Fsp3) is 0.875. The van der Waals surface area contributed by atoms with Gasteiger partial charge in [-0.25, -0.2) is 0 Å². The van der Waals surface area contributed by atoms with Crippen molar-refractivity contribution in [3.63, 3.8) is 0 Å². The van der Waals surface area contributed by atoms with Crippen LogP contribution in [-0.2, 0) is 0 Å². The Balaban J connectivity index is 3.37. The standard InChI is InChI=1S/C8H16N2S/c1-4-11-6-8(3)10-7(2)5-9/h7-8,10H,4,6H2,1-3H3. The fourth-order valence-corrected chi connectivity index (χ4v) is 1.49. The van der Waals surface area contributed by atoms with E-state index < -0.39 is 0 Å². The molecule has 2 unspecified atom stereocenters. The van der Waals surface area contributed by atoms with Crippen LogP contribution in [0, 0.1) is 11.3 Å².